The van der Waals surface area contributed by atoms with Gasteiger partial charge < -0.3 is 0 Å². The molecule has 5 heteroatoms. The third-order valence-corrected chi connectivity index (χ3v) is 3.35. The average Bonchev–Trinajstić information content (AvgIpc) is 2.57. The second-order valence-electron chi connectivity index (χ2n) is 3.93. The Balaban J connectivity index is 2.11. The Bertz CT molecular complexity index is 383. The molecule has 0 saturated heterocycles. The predicted molar refractivity (Wildman–Crippen MR) is 62.5 cm³/mol. The lowest BCUT2D eigenvalue weighted by Crippen LogP contribution is -2.27. The van der Waals surface area contributed by atoms with E-state index in [4.69, 9.17) is 0 Å². The highest BCUT2D eigenvalue weighted by atomic mass is 79.9. The summed E-state index contributed by atoms with van der Waals surface area (Å²) in [5.41, 5.74) is 0.0827. The molecule has 0 bridgehead atoms. The van der Waals surface area contributed by atoms with Crippen molar-refractivity contribution in [3.63, 3.8) is 0 Å². The van der Waals surface area contributed by atoms with Crippen LogP contribution in [-0.2, 0) is 19.5 Å². The maximum absolute atomic E-state index is 11.9. The number of fused-ring (bicyclic) bond motifs is 1. The van der Waals surface area contributed by atoms with E-state index in [0.717, 1.165) is 56.3 Å². The summed E-state index contributed by atoms with van der Waals surface area (Å²) < 4.78 is 3.46. The maximum atomic E-state index is 11.9. The van der Waals surface area contributed by atoms with Crippen molar-refractivity contribution in [3.05, 3.63) is 16.3 Å². The van der Waals surface area contributed by atoms with Crippen LogP contribution in [0.3, 0.4) is 0 Å². The summed E-state index contributed by atoms with van der Waals surface area (Å²) in [6.07, 6.45) is 5.34. The van der Waals surface area contributed by atoms with Gasteiger partial charge in [-0.2, -0.15) is 5.10 Å². The van der Waals surface area contributed by atoms with Gasteiger partial charge >= 0.3 is 5.69 Å². The standard InChI is InChI=1S/C10H16BrN3O/c11-6-2-4-8-14-10(15)13-7-3-1-5-9(13)12-14/h1-8H2. The first-order chi connectivity index (χ1) is 7.33. The smallest absolute Gasteiger partial charge is 0.279 e. The van der Waals surface area contributed by atoms with Crippen LogP contribution in [0, 0.1) is 0 Å². The number of rotatable bonds is 4. The van der Waals surface area contributed by atoms with Crippen LogP contribution in [0.15, 0.2) is 4.79 Å². The average molecular weight is 274 g/mol. The Labute approximate surface area is 97.4 Å². The molecule has 0 unspecified atom stereocenters. The van der Waals surface area contributed by atoms with Crippen LogP contribution >= 0.6 is 15.9 Å². The number of halogens is 1. The van der Waals surface area contributed by atoms with E-state index in [-0.39, 0.29) is 5.69 Å². The second-order valence-corrected chi connectivity index (χ2v) is 4.72. The van der Waals surface area contributed by atoms with Crippen LogP contribution < -0.4 is 5.69 Å². The highest BCUT2D eigenvalue weighted by Crippen LogP contribution is 2.09. The highest BCUT2D eigenvalue weighted by Gasteiger charge is 2.15. The van der Waals surface area contributed by atoms with Gasteiger partial charge in [0, 0.05) is 24.8 Å². The van der Waals surface area contributed by atoms with Crippen molar-refractivity contribution in [3.8, 4) is 0 Å². The molecule has 0 aliphatic carbocycles. The molecular weight excluding hydrogens is 258 g/mol. The third-order valence-electron chi connectivity index (χ3n) is 2.79. The molecule has 1 aromatic rings. The molecule has 1 aliphatic heterocycles. The first-order valence-electron chi connectivity index (χ1n) is 5.55. The van der Waals surface area contributed by atoms with E-state index in [1.807, 2.05) is 4.57 Å². The largest absolute Gasteiger partial charge is 0.345 e. The zero-order chi connectivity index (χ0) is 10.7. The molecule has 0 aromatic carbocycles. The molecule has 1 aromatic heterocycles. The van der Waals surface area contributed by atoms with E-state index in [2.05, 4.69) is 21.0 Å². The maximum Gasteiger partial charge on any atom is 0.345 e. The van der Waals surface area contributed by atoms with Crippen molar-refractivity contribution >= 4 is 15.9 Å². The molecule has 15 heavy (non-hydrogen) atoms. The van der Waals surface area contributed by atoms with Crippen LogP contribution in [0.4, 0.5) is 0 Å². The van der Waals surface area contributed by atoms with Gasteiger partial charge in [-0.05, 0) is 25.7 Å². The number of alkyl halides is 1. The highest BCUT2D eigenvalue weighted by molar-refractivity contribution is 9.09. The van der Waals surface area contributed by atoms with Gasteiger partial charge in [0.05, 0.1) is 0 Å². The number of hydrogen-bond acceptors (Lipinski definition) is 2. The van der Waals surface area contributed by atoms with Gasteiger partial charge in [0.25, 0.3) is 0 Å². The van der Waals surface area contributed by atoms with E-state index >= 15 is 0 Å². The lowest BCUT2D eigenvalue weighted by atomic mass is 10.2. The van der Waals surface area contributed by atoms with E-state index in [9.17, 15) is 4.79 Å². The fraction of sp³-hybridized carbons (Fsp3) is 0.800. The van der Waals surface area contributed by atoms with Crippen molar-refractivity contribution in [1.82, 2.24) is 14.3 Å². The number of hydrogen-bond donors (Lipinski definition) is 0. The van der Waals surface area contributed by atoms with Gasteiger partial charge in [0.1, 0.15) is 5.82 Å². The van der Waals surface area contributed by atoms with E-state index in [1.165, 1.54) is 0 Å². The summed E-state index contributed by atoms with van der Waals surface area (Å²) in [5.74, 6) is 0.977. The van der Waals surface area contributed by atoms with Gasteiger partial charge in [-0.1, -0.05) is 15.9 Å². The molecule has 2 rings (SSSR count). The quantitative estimate of drug-likeness (QED) is 0.617. The van der Waals surface area contributed by atoms with Crippen molar-refractivity contribution in [2.24, 2.45) is 0 Å². The minimum absolute atomic E-state index is 0.0827. The topological polar surface area (TPSA) is 39.8 Å². The first-order valence-corrected chi connectivity index (χ1v) is 6.67. The molecule has 0 fully saturated rings. The summed E-state index contributed by atoms with van der Waals surface area (Å²) in [6, 6.07) is 0. The number of unbranched alkanes of at least 4 members (excludes halogenated alkanes) is 1. The van der Waals surface area contributed by atoms with Crippen LogP contribution in [0.5, 0.6) is 0 Å². The Morgan fingerprint density at radius 1 is 1.33 bits per heavy atom. The molecule has 0 amide bonds. The Kier molecular flexibility index (Phi) is 3.61. The number of aromatic nitrogens is 3. The van der Waals surface area contributed by atoms with Crippen LogP contribution in [0.2, 0.25) is 0 Å². The van der Waals surface area contributed by atoms with Crippen LogP contribution in [0.25, 0.3) is 0 Å². The number of aryl methyl sites for hydroxylation is 2. The fourth-order valence-electron chi connectivity index (χ4n) is 1.95. The van der Waals surface area contributed by atoms with Crippen LogP contribution in [-0.4, -0.2) is 19.7 Å². The molecule has 1 aliphatic rings. The van der Waals surface area contributed by atoms with Crippen LogP contribution in [0.1, 0.15) is 31.5 Å². The summed E-state index contributed by atoms with van der Waals surface area (Å²) in [4.78, 5) is 11.9. The minimum atomic E-state index is 0.0827. The van der Waals surface area contributed by atoms with Gasteiger partial charge in [-0.3, -0.25) is 4.57 Å². The molecule has 0 N–H and O–H groups in total. The Morgan fingerprint density at radius 3 is 2.93 bits per heavy atom. The monoisotopic (exact) mass is 273 g/mol. The molecular formula is C10H16BrN3O. The van der Waals surface area contributed by atoms with E-state index in [1.54, 1.807) is 4.68 Å². The molecule has 0 radical (unpaired) electrons. The summed E-state index contributed by atoms with van der Waals surface area (Å²) in [5, 5.41) is 5.37. The molecule has 0 spiro atoms. The Hall–Kier alpha value is -0.580. The third kappa shape index (κ3) is 2.33. The molecule has 0 saturated carbocycles. The SMILES string of the molecule is O=c1n(CCCCBr)nc2n1CCCC2. The normalized spacial score (nSPS) is 15.3. The van der Waals surface area contributed by atoms with E-state index < -0.39 is 0 Å². The zero-order valence-electron chi connectivity index (χ0n) is 8.78. The zero-order valence-corrected chi connectivity index (χ0v) is 10.4. The molecule has 84 valence electrons. The lowest BCUT2D eigenvalue weighted by molar-refractivity contribution is 0.509. The van der Waals surface area contributed by atoms with Gasteiger partial charge in [-0.25, -0.2) is 9.48 Å². The first kappa shape index (κ1) is 10.9. The lowest BCUT2D eigenvalue weighted by Gasteiger charge is -2.09. The molecule has 4 nitrogen and oxygen atoms in total. The predicted octanol–water partition coefficient (Wildman–Crippen LogP) is 1.56. The van der Waals surface area contributed by atoms with Gasteiger partial charge in [0.2, 0.25) is 0 Å². The van der Waals surface area contributed by atoms with Crippen molar-refractivity contribution in [2.45, 2.75) is 45.2 Å². The molecule has 0 atom stereocenters. The van der Waals surface area contributed by atoms with Crippen molar-refractivity contribution < 1.29 is 0 Å². The Morgan fingerprint density at radius 2 is 2.20 bits per heavy atom. The summed E-state index contributed by atoms with van der Waals surface area (Å²) >= 11 is 3.39. The van der Waals surface area contributed by atoms with E-state index in [0.29, 0.717) is 0 Å². The van der Waals surface area contributed by atoms with Crippen molar-refractivity contribution in [1.29, 1.82) is 0 Å². The molecule has 2 heterocycles. The second kappa shape index (κ2) is 4.96. The van der Waals surface area contributed by atoms with Crippen molar-refractivity contribution in [2.75, 3.05) is 5.33 Å². The number of nitrogens with zero attached hydrogens (tertiary/aromatic N) is 3. The summed E-state index contributed by atoms with van der Waals surface area (Å²) in [6.45, 7) is 1.61. The van der Waals surface area contributed by atoms with Gasteiger partial charge in [0.15, 0.2) is 0 Å². The van der Waals surface area contributed by atoms with Gasteiger partial charge in [-0.15, -0.1) is 0 Å². The minimum Gasteiger partial charge on any atom is -0.279 e. The fourth-order valence-corrected chi connectivity index (χ4v) is 2.35. The summed E-state index contributed by atoms with van der Waals surface area (Å²) in [7, 11) is 0.